The van der Waals surface area contributed by atoms with Crippen molar-refractivity contribution in [3.8, 4) is 0 Å². The number of anilines is 1. The van der Waals surface area contributed by atoms with E-state index in [1.54, 1.807) is 22.9 Å². The highest BCUT2D eigenvalue weighted by atomic mass is 35.5. The summed E-state index contributed by atoms with van der Waals surface area (Å²) in [4.78, 5) is 41.4. The maximum absolute atomic E-state index is 13.6. The standard InChI is InChI=1S/C21H17ClFN5O3.C6H4ClF/c22-13-5-12(6-14(23)7-13)20(30)27-16-8-17(28-11-19(29)25-10-18(16)28)21(31)26-9-15-3-1-2-4-24-15;7-5-1-3-6(8)4-2-5/h1-8H,9-11H2,(H,25,29)(H,26,31)(H,27,30);1-4H. The highest BCUT2D eigenvalue weighted by Gasteiger charge is 2.26. The molecule has 0 bridgehead atoms. The largest absolute Gasteiger partial charge is 0.349 e. The number of aromatic nitrogens is 2. The van der Waals surface area contributed by atoms with Crippen molar-refractivity contribution in [1.29, 1.82) is 0 Å². The predicted octanol–water partition coefficient (Wildman–Crippen LogP) is 4.97. The molecule has 1 aliphatic heterocycles. The van der Waals surface area contributed by atoms with Gasteiger partial charge in [-0.3, -0.25) is 19.4 Å². The van der Waals surface area contributed by atoms with Gasteiger partial charge in [-0.15, -0.1) is 0 Å². The van der Waals surface area contributed by atoms with Gasteiger partial charge in [0.1, 0.15) is 23.9 Å². The molecular formula is C27H21Cl2F2N5O3. The maximum Gasteiger partial charge on any atom is 0.268 e. The molecule has 200 valence electrons. The Morgan fingerprint density at radius 3 is 2.38 bits per heavy atom. The van der Waals surface area contributed by atoms with Gasteiger partial charge in [0.05, 0.1) is 30.2 Å². The molecule has 2 aromatic carbocycles. The minimum Gasteiger partial charge on any atom is -0.349 e. The van der Waals surface area contributed by atoms with Crippen molar-refractivity contribution in [3.63, 3.8) is 0 Å². The fourth-order valence-electron chi connectivity index (χ4n) is 3.71. The molecule has 3 amide bonds. The van der Waals surface area contributed by atoms with E-state index in [0.29, 0.717) is 22.1 Å². The highest BCUT2D eigenvalue weighted by molar-refractivity contribution is 6.31. The average molecular weight is 572 g/mol. The molecule has 0 atom stereocenters. The van der Waals surface area contributed by atoms with Crippen molar-refractivity contribution >= 4 is 46.6 Å². The van der Waals surface area contributed by atoms with Crippen molar-refractivity contribution < 1.29 is 23.2 Å². The maximum atomic E-state index is 13.6. The van der Waals surface area contributed by atoms with Crippen molar-refractivity contribution in [2.24, 2.45) is 0 Å². The second-order valence-electron chi connectivity index (χ2n) is 8.31. The molecular weight excluding hydrogens is 551 g/mol. The number of benzene rings is 2. The van der Waals surface area contributed by atoms with Gasteiger partial charge in [-0.2, -0.15) is 0 Å². The fraction of sp³-hybridized carbons (Fsp3) is 0.111. The smallest absolute Gasteiger partial charge is 0.268 e. The number of rotatable bonds is 5. The third kappa shape index (κ3) is 7.40. The lowest BCUT2D eigenvalue weighted by molar-refractivity contribution is -0.122. The Kier molecular flexibility index (Phi) is 8.90. The van der Waals surface area contributed by atoms with Gasteiger partial charge in [-0.05, 0) is 60.7 Å². The summed E-state index contributed by atoms with van der Waals surface area (Å²) >= 11 is 11.3. The van der Waals surface area contributed by atoms with E-state index in [4.69, 9.17) is 23.2 Å². The first kappa shape index (κ1) is 27.7. The van der Waals surface area contributed by atoms with Crippen LogP contribution in [0.4, 0.5) is 14.5 Å². The molecule has 3 N–H and O–H groups in total. The molecule has 3 heterocycles. The van der Waals surface area contributed by atoms with E-state index in [1.807, 2.05) is 6.07 Å². The number of hydrogen-bond donors (Lipinski definition) is 3. The molecule has 0 fully saturated rings. The summed E-state index contributed by atoms with van der Waals surface area (Å²) in [6.45, 7) is 0.269. The minimum absolute atomic E-state index is 0.0333. The number of halogens is 4. The normalized spacial score (nSPS) is 11.9. The van der Waals surface area contributed by atoms with Crippen LogP contribution in [-0.2, 0) is 24.4 Å². The van der Waals surface area contributed by atoms with E-state index in [2.05, 4.69) is 20.9 Å². The molecule has 0 saturated carbocycles. The van der Waals surface area contributed by atoms with E-state index < -0.39 is 17.6 Å². The van der Waals surface area contributed by atoms with Crippen LogP contribution in [0.2, 0.25) is 10.0 Å². The van der Waals surface area contributed by atoms with Crippen LogP contribution in [0.25, 0.3) is 0 Å². The fourth-order valence-corrected chi connectivity index (χ4v) is 4.06. The molecule has 0 spiro atoms. The molecule has 39 heavy (non-hydrogen) atoms. The van der Waals surface area contributed by atoms with Crippen molar-refractivity contribution in [1.82, 2.24) is 20.2 Å². The van der Waals surface area contributed by atoms with Gasteiger partial charge in [0.25, 0.3) is 11.8 Å². The molecule has 2 aromatic heterocycles. The summed E-state index contributed by atoms with van der Waals surface area (Å²) in [5.74, 6) is -2.16. The van der Waals surface area contributed by atoms with Crippen LogP contribution < -0.4 is 16.0 Å². The van der Waals surface area contributed by atoms with Crippen LogP contribution in [0, 0.1) is 11.6 Å². The predicted molar refractivity (Wildman–Crippen MR) is 142 cm³/mol. The lowest BCUT2D eigenvalue weighted by Crippen LogP contribution is -2.36. The summed E-state index contributed by atoms with van der Waals surface area (Å²) < 4.78 is 27.2. The van der Waals surface area contributed by atoms with Gasteiger partial charge in [-0.1, -0.05) is 29.3 Å². The third-order valence-corrected chi connectivity index (χ3v) is 6.00. The van der Waals surface area contributed by atoms with Crippen molar-refractivity contribution in [3.05, 3.63) is 117 Å². The molecule has 8 nitrogen and oxygen atoms in total. The van der Waals surface area contributed by atoms with Crippen LogP contribution in [0.5, 0.6) is 0 Å². The lowest BCUT2D eigenvalue weighted by atomic mass is 10.2. The first-order valence-corrected chi connectivity index (χ1v) is 12.3. The summed E-state index contributed by atoms with van der Waals surface area (Å²) in [5, 5.41) is 8.77. The highest BCUT2D eigenvalue weighted by Crippen LogP contribution is 2.25. The Bertz CT molecular complexity index is 1470. The molecule has 12 heteroatoms. The number of amides is 3. The van der Waals surface area contributed by atoms with Gasteiger partial charge in [0, 0.05) is 21.8 Å². The number of nitrogens with zero attached hydrogens (tertiary/aromatic N) is 2. The number of carbonyl (C=O) groups is 3. The zero-order valence-electron chi connectivity index (χ0n) is 20.2. The minimum atomic E-state index is -0.640. The zero-order valence-corrected chi connectivity index (χ0v) is 21.7. The van der Waals surface area contributed by atoms with E-state index in [-0.39, 0.29) is 47.6 Å². The number of carbonyl (C=O) groups excluding carboxylic acids is 3. The Hall–Kier alpha value is -4.28. The first-order chi connectivity index (χ1) is 18.7. The van der Waals surface area contributed by atoms with Crippen LogP contribution >= 0.6 is 23.2 Å². The molecule has 1 aliphatic rings. The first-order valence-electron chi connectivity index (χ1n) is 11.6. The van der Waals surface area contributed by atoms with Crippen molar-refractivity contribution in [2.75, 3.05) is 5.32 Å². The Labute approximate surface area is 232 Å². The number of pyridine rings is 1. The molecule has 0 unspecified atom stereocenters. The molecule has 0 radical (unpaired) electrons. The summed E-state index contributed by atoms with van der Waals surface area (Å²) in [6.07, 6.45) is 1.62. The second-order valence-corrected chi connectivity index (χ2v) is 9.18. The Morgan fingerprint density at radius 1 is 0.949 bits per heavy atom. The van der Waals surface area contributed by atoms with Crippen LogP contribution in [-0.4, -0.2) is 27.3 Å². The van der Waals surface area contributed by atoms with Gasteiger partial charge >= 0.3 is 0 Å². The zero-order chi connectivity index (χ0) is 27.9. The summed E-state index contributed by atoms with van der Waals surface area (Å²) in [7, 11) is 0. The summed E-state index contributed by atoms with van der Waals surface area (Å²) in [6, 6.07) is 16.0. The Morgan fingerprint density at radius 2 is 1.72 bits per heavy atom. The van der Waals surface area contributed by atoms with E-state index in [9.17, 15) is 23.2 Å². The van der Waals surface area contributed by atoms with Gasteiger partial charge < -0.3 is 20.5 Å². The topological polar surface area (TPSA) is 105 Å². The SMILES string of the molecule is Fc1ccc(Cl)cc1.O=C1Cn2c(C(=O)NCc3ccccn3)cc(NC(=O)c3cc(F)cc(Cl)c3)c2CN1. The van der Waals surface area contributed by atoms with Crippen LogP contribution in [0.3, 0.4) is 0 Å². The molecule has 0 aliphatic carbocycles. The number of hydrogen-bond acceptors (Lipinski definition) is 4. The lowest BCUT2D eigenvalue weighted by Gasteiger charge is -2.19. The average Bonchev–Trinajstić information content (AvgIpc) is 3.26. The Balaban J connectivity index is 0.000000379. The van der Waals surface area contributed by atoms with Gasteiger partial charge in [0.15, 0.2) is 0 Å². The quantitative estimate of drug-likeness (QED) is 0.314. The van der Waals surface area contributed by atoms with Crippen molar-refractivity contribution in [2.45, 2.75) is 19.6 Å². The monoisotopic (exact) mass is 571 g/mol. The third-order valence-electron chi connectivity index (χ3n) is 5.53. The molecule has 5 rings (SSSR count). The number of fused-ring (bicyclic) bond motifs is 1. The van der Waals surface area contributed by atoms with Crippen LogP contribution in [0.1, 0.15) is 32.2 Å². The van der Waals surface area contributed by atoms with Gasteiger partial charge in [-0.25, -0.2) is 8.78 Å². The van der Waals surface area contributed by atoms with E-state index in [1.165, 1.54) is 36.4 Å². The van der Waals surface area contributed by atoms with Crippen LogP contribution in [0.15, 0.2) is 72.9 Å². The molecule has 0 saturated heterocycles. The molecule has 4 aromatic rings. The second kappa shape index (κ2) is 12.5. The number of nitrogens with one attached hydrogen (secondary N) is 3. The van der Waals surface area contributed by atoms with E-state index in [0.717, 1.165) is 12.1 Å². The summed E-state index contributed by atoms with van der Waals surface area (Å²) in [5.41, 5.74) is 1.82. The van der Waals surface area contributed by atoms with Gasteiger partial charge in [0.2, 0.25) is 5.91 Å². The van der Waals surface area contributed by atoms with E-state index >= 15 is 0 Å².